The number of alkyl halides is 5. The van der Waals surface area contributed by atoms with Gasteiger partial charge in [0.1, 0.15) is 29.6 Å². The third-order valence-corrected chi connectivity index (χ3v) is 13.4. The minimum absolute atomic E-state index is 0.00617. The molecule has 1 saturated heterocycles. The maximum Gasteiger partial charge on any atom is 0.435 e. The van der Waals surface area contributed by atoms with Crippen molar-refractivity contribution in [1.29, 1.82) is 0 Å². The highest BCUT2D eigenvalue weighted by molar-refractivity contribution is 7.98. The predicted molar refractivity (Wildman–Crippen MR) is 228 cm³/mol. The predicted octanol–water partition coefficient (Wildman–Crippen LogP) is 8.20. The van der Waals surface area contributed by atoms with Gasteiger partial charge in [-0.15, -0.1) is 0 Å². The van der Waals surface area contributed by atoms with Crippen LogP contribution in [0.25, 0.3) is 22.0 Å². The summed E-state index contributed by atoms with van der Waals surface area (Å²) in [6.45, 7) is 6.33. The van der Waals surface area contributed by atoms with Crippen LogP contribution in [0, 0.1) is 29.4 Å². The van der Waals surface area contributed by atoms with Gasteiger partial charge in [0.05, 0.1) is 33.2 Å². The number of halogens is 8. The second kappa shape index (κ2) is 16.0. The number of hydrogen-bond donors (Lipinski definition) is 0. The van der Waals surface area contributed by atoms with Crippen LogP contribution in [-0.2, 0) is 52.2 Å². The van der Waals surface area contributed by atoms with Gasteiger partial charge >= 0.3 is 6.18 Å². The summed E-state index contributed by atoms with van der Waals surface area (Å²) in [6.07, 6.45) is -4.37. The van der Waals surface area contributed by atoms with E-state index in [1.54, 1.807) is 36.0 Å². The number of carbonyl (C=O) groups is 1. The molecule has 2 fully saturated rings. The summed E-state index contributed by atoms with van der Waals surface area (Å²) < 4.78 is 118. The summed E-state index contributed by atoms with van der Waals surface area (Å²) in [5.74, 6) is 0.774. The monoisotopic (exact) mass is 915 g/mol. The number of hydrogen-bond acceptors (Lipinski definition) is 7. The minimum Gasteiger partial charge on any atom is -0.304 e. The highest BCUT2D eigenvalue weighted by atomic mass is 35.5. The molecule has 18 heteroatoms. The van der Waals surface area contributed by atoms with E-state index in [9.17, 15) is 31.0 Å². The van der Waals surface area contributed by atoms with Crippen LogP contribution >= 0.6 is 11.6 Å². The summed E-state index contributed by atoms with van der Waals surface area (Å²) in [5.41, 5.74) is -0.980. The van der Waals surface area contributed by atoms with E-state index in [0.717, 1.165) is 38.3 Å². The zero-order chi connectivity index (χ0) is 45.6. The standard InChI is InChI=1S/C45H45ClF7N7O2S/c1-43(2,59-15-13-57(3)14-16-59)12-11-29-7-8-31(32-9-10-35(46)38-36(24-63(5,6)62)55-58(4)40(32)38)39(54-29)26(17-25-18-27(47)21-28(48)19-25)20-30(61)23-60-42-37(41(56-60)45(51,52)53)33-22-34(33)44(42,49)50/h7-10,18-19,21,26,33-34H,5,13-17,20,22-24H2,1-4,6H3/t26-,33+,34-,63?/m1/s1. The van der Waals surface area contributed by atoms with Gasteiger partial charge in [-0.25, -0.2) is 13.8 Å². The van der Waals surface area contributed by atoms with Crippen molar-refractivity contribution in [2.45, 2.75) is 74.9 Å². The first-order chi connectivity index (χ1) is 29.4. The van der Waals surface area contributed by atoms with Crippen LogP contribution in [0.15, 0.2) is 42.5 Å². The molecular weight excluding hydrogens is 871 g/mol. The maximum absolute atomic E-state index is 15.6. The van der Waals surface area contributed by atoms with Gasteiger partial charge < -0.3 is 4.90 Å². The van der Waals surface area contributed by atoms with E-state index in [4.69, 9.17) is 16.6 Å². The van der Waals surface area contributed by atoms with Crippen molar-refractivity contribution >= 4 is 43.7 Å². The number of fused-ring (bicyclic) bond motifs is 4. The quantitative estimate of drug-likeness (QED) is 0.0751. The van der Waals surface area contributed by atoms with Crippen LogP contribution in [0.4, 0.5) is 30.7 Å². The van der Waals surface area contributed by atoms with Crippen molar-refractivity contribution in [2.24, 2.45) is 13.0 Å². The fourth-order valence-electron chi connectivity index (χ4n) is 9.19. The van der Waals surface area contributed by atoms with Crippen LogP contribution in [0.2, 0.25) is 5.02 Å². The van der Waals surface area contributed by atoms with E-state index in [1.165, 1.54) is 6.26 Å². The number of nitrogens with zero attached hydrogens (tertiary/aromatic N) is 7. The first-order valence-electron chi connectivity index (χ1n) is 20.4. The Balaban J connectivity index is 1.27. The highest BCUT2D eigenvalue weighted by Crippen LogP contribution is 2.68. The Bertz CT molecular complexity index is 2810. The molecule has 2 aliphatic carbocycles. The van der Waals surface area contributed by atoms with Gasteiger partial charge in [-0.1, -0.05) is 23.6 Å². The van der Waals surface area contributed by atoms with E-state index >= 15 is 8.78 Å². The molecular formula is C45H45ClF7N7O2S. The van der Waals surface area contributed by atoms with E-state index in [0.29, 0.717) is 43.5 Å². The van der Waals surface area contributed by atoms with Crippen molar-refractivity contribution in [3.63, 3.8) is 0 Å². The topological polar surface area (TPSA) is 89.2 Å². The second-order valence-corrected chi connectivity index (χ2v) is 20.8. The van der Waals surface area contributed by atoms with E-state index < -0.39 is 92.2 Å². The van der Waals surface area contributed by atoms with Gasteiger partial charge in [-0.2, -0.15) is 32.1 Å². The highest BCUT2D eigenvalue weighted by Gasteiger charge is 2.68. The number of likely N-dealkylation sites (N-methyl/N-ethyl adjacent to an activating group) is 1. The Morgan fingerprint density at radius 2 is 1.68 bits per heavy atom. The number of aromatic nitrogens is 5. The fourth-order valence-corrected chi connectivity index (χ4v) is 10.2. The summed E-state index contributed by atoms with van der Waals surface area (Å²) in [6, 6.07) is 9.66. The first-order valence-corrected chi connectivity index (χ1v) is 23.0. The summed E-state index contributed by atoms with van der Waals surface area (Å²) >= 11 is 6.78. The van der Waals surface area contributed by atoms with Crippen molar-refractivity contribution in [3.8, 4) is 23.0 Å². The van der Waals surface area contributed by atoms with Gasteiger partial charge in [-0.05, 0) is 96.9 Å². The van der Waals surface area contributed by atoms with Gasteiger partial charge in [-0.3, -0.25) is 23.3 Å². The molecule has 2 aromatic carbocycles. The number of aryl methyl sites for hydroxylation is 1. The Morgan fingerprint density at radius 3 is 2.33 bits per heavy atom. The normalized spacial score (nSPS) is 20.2. The molecule has 1 unspecified atom stereocenters. The van der Waals surface area contributed by atoms with Gasteiger partial charge in [0.2, 0.25) is 0 Å². The van der Waals surface area contributed by atoms with Crippen molar-refractivity contribution in [1.82, 2.24) is 34.3 Å². The second-order valence-electron chi connectivity index (χ2n) is 17.7. The Kier molecular flexibility index (Phi) is 11.4. The van der Waals surface area contributed by atoms with E-state index in [1.807, 2.05) is 20.9 Å². The SMILES string of the molecule is C=S(C)(=O)Cc1nn(C)c2c(-c3ccc(C#CC(C)(C)N4CCN(C)CC4)nc3[C@@H](CC(=O)Cn3nc(C(F)(F)F)c4c3C(F)(F)[C@@H]3C[C@H]43)Cc3cc(F)cc(F)c3)ccc(Cl)c12. The summed E-state index contributed by atoms with van der Waals surface area (Å²) in [5, 5.41) is 9.00. The minimum atomic E-state index is -5.04. The number of carbonyl (C=O) groups excluding carboxylic acids is 1. The van der Waals surface area contributed by atoms with Crippen molar-refractivity contribution in [3.05, 3.63) is 98.7 Å². The third kappa shape index (κ3) is 8.88. The van der Waals surface area contributed by atoms with Crippen LogP contribution in [0.5, 0.6) is 0 Å². The first kappa shape index (κ1) is 44.8. The lowest BCUT2D eigenvalue weighted by Crippen LogP contribution is -2.53. The molecule has 0 spiro atoms. The van der Waals surface area contributed by atoms with Gasteiger partial charge in [0, 0.05) is 85.9 Å². The number of pyridine rings is 1. The van der Waals surface area contributed by atoms with Crippen molar-refractivity contribution < 1.29 is 39.7 Å². The molecule has 3 aromatic heterocycles. The molecule has 0 amide bonds. The fraction of sp³-hybridized carbons (Fsp3) is 0.444. The molecule has 334 valence electrons. The number of piperazine rings is 1. The molecule has 1 saturated carbocycles. The Labute approximate surface area is 365 Å². The van der Waals surface area contributed by atoms with Crippen LogP contribution in [-0.4, -0.2) is 95.2 Å². The number of benzene rings is 2. The molecule has 0 radical (unpaired) electrons. The number of Topliss-reactive ketones (excluding diaryl/α,β-unsaturated/α-hetero) is 1. The Hall–Kier alpha value is -4.76. The summed E-state index contributed by atoms with van der Waals surface area (Å²) in [4.78, 5) is 23.7. The zero-order valence-electron chi connectivity index (χ0n) is 35.2. The molecule has 0 N–H and O–H groups in total. The number of rotatable bonds is 11. The van der Waals surface area contributed by atoms with Gasteiger partial charge in [0.15, 0.2) is 11.5 Å². The average molecular weight is 916 g/mol. The lowest BCUT2D eigenvalue weighted by atomic mass is 9.86. The maximum atomic E-state index is 15.6. The van der Waals surface area contributed by atoms with Crippen LogP contribution in [0.1, 0.15) is 78.1 Å². The average Bonchev–Trinajstić information content (AvgIpc) is 3.71. The summed E-state index contributed by atoms with van der Waals surface area (Å²) in [7, 11) is 1.13. The zero-order valence-corrected chi connectivity index (χ0v) is 36.8. The Morgan fingerprint density at radius 1 is 1.02 bits per heavy atom. The molecule has 4 heterocycles. The van der Waals surface area contributed by atoms with E-state index in [2.05, 4.69) is 37.7 Å². The molecule has 5 aromatic rings. The molecule has 63 heavy (non-hydrogen) atoms. The van der Waals surface area contributed by atoms with Crippen LogP contribution < -0.4 is 0 Å². The van der Waals surface area contributed by atoms with E-state index in [-0.39, 0.29) is 35.5 Å². The molecule has 8 rings (SSSR count). The lowest BCUT2D eigenvalue weighted by Gasteiger charge is -2.40. The molecule has 3 aliphatic rings. The third-order valence-electron chi connectivity index (χ3n) is 12.2. The van der Waals surface area contributed by atoms with Crippen molar-refractivity contribution in [2.75, 3.05) is 39.5 Å². The largest absolute Gasteiger partial charge is 0.435 e. The molecule has 4 atom stereocenters. The molecule has 0 bridgehead atoms. The smallest absolute Gasteiger partial charge is 0.304 e. The molecule has 9 nitrogen and oxygen atoms in total. The number of ketones is 1. The molecule has 1 aliphatic heterocycles. The van der Waals surface area contributed by atoms with Crippen LogP contribution in [0.3, 0.4) is 0 Å². The van der Waals surface area contributed by atoms with Gasteiger partial charge in [0.25, 0.3) is 5.92 Å². The lowest BCUT2D eigenvalue weighted by molar-refractivity contribution is -0.142.